The van der Waals surface area contributed by atoms with Gasteiger partial charge < -0.3 is 0 Å². The summed E-state index contributed by atoms with van der Waals surface area (Å²) in [5.41, 5.74) is 5.26. The van der Waals surface area contributed by atoms with Crippen molar-refractivity contribution in [1.29, 1.82) is 0 Å². The number of fused-ring (bicyclic) bond motifs is 1. The van der Waals surface area contributed by atoms with Gasteiger partial charge in [-0.15, -0.1) is 11.3 Å². The third kappa shape index (κ3) is 4.18. The van der Waals surface area contributed by atoms with Crippen molar-refractivity contribution < 1.29 is 4.79 Å². The van der Waals surface area contributed by atoms with E-state index in [0.717, 1.165) is 26.9 Å². The predicted molar refractivity (Wildman–Crippen MR) is 128 cm³/mol. The summed E-state index contributed by atoms with van der Waals surface area (Å²) in [7, 11) is 0. The number of amides is 1. The number of carbonyl (C=O) groups excluding carboxylic acids is 1. The van der Waals surface area contributed by atoms with E-state index in [9.17, 15) is 9.59 Å². The maximum absolute atomic E-state index is 12.9. The zero-order valence-corrected chi connectivity index (χ0v) is 20.0. The van der Waals surface area contributed by atoms with E-state index in [0.29, 0.717) is 21.7 Å². The van der Waals surface area contributed by atoms with Crippen molar-refractivity contribution in [3.8, 4) is 0 Å². The van der Waals surface area contributed by atoms with Crippen LogP contribution in [0.4, 0.5) is 10.8 Å². The van der Waals surface area contributed by atoms with Crippen molar-refractivity contribution >= 4 is 54.9 Å². The lowest BCUT2D eigenvalue weighted by atomic mass is 10.0. The summed E-state index contributed by atoms with van der Waals surface area (Å²) in [6.45, 7) is 7.85. The fraction of sp³-hybridized carbons (Fsp3) is 0.217. The Bertz CT molecular complexity index is 1350. The maximum Gasteiger partial charge on any atom is 0.261 e. The second kappa shape index (κ2) is 8.36. The van der Waals surface area contributed by atoms with E-state index < -0.39 is 0 Å². The molecule has 0 radical (unpaired) electrons. The van der Waals surface area contributed by atoms with Gasteiger partial charge in [-0.3, -0.25) is 19.1 Å². The van der Waals surface area contributed by atoms with Crippen LogP contribution in [0.15, 0.2) is 51.3 Å². The highest BCUT2D eigenvalue weighted by Gasteiger charge is 2.22. The molecule has 4 aromatic rings. The van der Waals surface area contributed by atoms with Crippen molar-refractivity contribution in [3.63, 3.8) is 0 Å². The summed E-state index contributed by atoms with van der Waals surface area (Å²) >= 11 is 4.79. The van der Waals surface area contributed by atoms with Gasteiger partial charge in [0.25, 0.3) is 5.56 Å². The van der Waals surface area contributed by atoms with Crippen LogP contribution < -0.4 is 10.5 Å². The largest absolute Gasteiger partial charge is 0.293 e. The highest BCUT2D eigenvalue weighted by molar-refractivity contribution is 9.10. The van der Waals surface area contributed by atoms with E-state index >= 15 is 0 Å². The lowest BCUT2D eigenvalue weighted by Crippen LogP contribution is -2.25. The normalized spacial score (nSPS) is 11.1. The Balaban J connectivity index is 1.71. The first kappa shape index (κ1) is 21.4. The number of aryl methyl sites for hydroxylation is 3. The molecular weight excluding hydrogens is 476 g/mol. The molecule has 0 aliphatic rings. The molecule has 2 heterocycles. The summed E-state index contributed by atoms with van der Waals surface area (Å²) < 4.78 is 2.36. The Morgan fingerprint density at radius 3 is 2.55 bits per heavy atom. The Labute approximate surface area is 192 Å². The Morgan fingerprint density at radius 1 is 1.16 bits per heavy atom. The average Bonchev–Trinajstić information content (AvgIpc) is 3.14. The Morgan fingerprint density at radius 2 is 1.87 bits per heavy atom. The predicted octanol–water partition coefficient (Wildman–Crippen LogP) is 5.27. The second-order valence-electron chi connectivity index (χ2n) is 7.56. The van der Waals surface area contributed by atoms with Crippen LogP contribution in [0.5, 0.6) is 0 Å². The SMILES string of the molecule is CC(=O)N(c1nc(Cn2cnc3ccc(Br)cc3c2=O)cs1)c1c(C)cc(C)cc1C. The minimum atomic E-state index is -0.130. The highest BCUT2D eigenvalue weighted by atomic mass is 79.9. The zero-order valence-electron chi connectivity index (χ0n) is 17.6. The lowest BCUT2D eigenvalue weighted by Gasteiger charge is -2.23. The van der Waals surface area contributed by atoms with Crippen LogP contribution in [0.3, 0.4) is 0 Å². The van der Waals surface area contributed by atoms with Crippen LogP contribution in [0, 0.1) is 20.8 Å². The van der Waals surface area contributed by atoms with Crippen LogP contribution in [0.2, 0.25) is 0 Å². The third-order valence-corrected chi connectivity index (χ3v) is 6.39. The molecule has 158 valence electrons. The van der Waals surface area contributed by atoms with Gasteiger partial charge in [0, 0.05) is 16.8 Å². The van der Waals surface area contributed by atoms with Gasteiger partial charge in [0.15, 0.2) is 5.13 Å². The standard InChI is InChI=1S/C23H21BrN4O2S/c1-13-7-14(2)21(15(3)8-13)28(16(4)29)23-26-18(11-31-23)10-27-12-25-20-6-5-17(24)9-19(20)22(27)30/h5-9,11-12H,10H2,1-4H3. The Kier molecular flexibility index (Phi) is 5.77. The van der Waals surface area contributed by atoms with Gasteiger partial charge in [-0.25, -0.2) is 9.97 Å². The molecule has 0 fully saturated rings. The van der Waals surface area contributed by atoms with Gasteiger partial charge in [0.05, 0.1) is 35.2 Å². The first-order valence-electron chi connectivity index (χ1n) is 9.72. The van der Waals surface area contributed by atoms with E-state index in [1.54, 1.807) is 11.0 Å². The van der Waals surface area contributed by atoms with Crippen molar-refractivity contribution in [2.24, 2.45) is 0 Å². The molecule has 8 heteroatoms. The number of anilines is 2. The number of nitrogens with zero attached hydrogens (tertiary/aromatic N) is 4. The number of hydrogen-bond acceptors (Lipinski definition) is 5. The molecule has 1 amide bonds. The molecule has 2 aromatic heterocycles. The number of benzene rings is 2. The summed E-state index contributed by atoms with van der Waals surface area (Å²) in [5.74, 6) is -0.106. The van der Waals surface area contributed by atoms with Crippen molar-refractivity contribution in [1.82, 2.24) is 14.5 Å². The maximum atomic E-state index is 12.9. The monoisotopic (exact) mass is 496 g/mol. The number of aromatic nitrogens is 3. The van der Waals surface area contributed by atoms with E-state index in [-0.39, 0.29) is 18.0 Å². The van der Waals surface area contributed by atoms with Crippen molar-refractivity contribution in [3.05, 3.63) is 79.3 Å². The smallest absolute Gasteiger partial charge is 0.261 e. The summed E-state index contributed by atoms with van der Waals surface area (Å²) in [4.78, 5) is 36.2. The van der Waals surface area contributed by atoms with Gasteiger partial charge in [-0.1, -0.05) is 33.6 Å². The fourth-order valence-corrected chi connectivity index (χ4v) is 5.03. The molecule has 4 rings (SSSR count). The van der Waals surface area contributed by atoms with Gasteiger partial charge >= 0.3 is 0 Å². The summed E-state index contributed by atoms with van der Waals surface area (Å²) in [5, 5.41) is 3.01. The van der Waals surface area contributed by atoms with Gasteiger partial charge in [0.1, 0.15) is 0 Å². The number of hydrogen-bond donors (Lipinski definition) is 0. The van der Waals surface area contributed by atoms with Crippen molar-refractivity contribution in [2.75, 3.05) is 4.90 Å². The molecule has 0 spiro atoms. The number of rotatable bonds is 4. The molecule has 31 heavy (non-hydrogen) atoms. The first-order chi connectivity index (χ1) is 14.7. The molecule has 0 aliphatic heterocycles. The summed E-state index contributed by atoms with van der Waals surface area (Å²) in [6, 6.07) is 9.56. The third-order valence-electron chi connectivity index (χ3n) is 5.02. The average molecular weight is 497 g/mol. The molecule has 0 N–H and O–H groups in total. The molecule has 0 atom stereocenters. The van der Waals surface area contributed by atoms with Crippen LogP contribution in [-0.4, -0.2) is 20.4 Å². The van der Waals surface area contributed by atoms with Crippen molar-refractivity contribution in [2.45, 2.75) is 34.2 Å². The first-order valence-corrected chi connectivity index (χ1v) is 11.4. The number of thiazole rings is 1. The van der Waals surface area contributed by atoms with E-state index in [1.807, 2.05) is 38.3 Å². The molecule has 0 bridgehead atoms. The molecule has 0 unspecified atom stereocenters. The van der Waals surface area contributed by atoms with Crippen LogP contribution in [0.25, 0.3) is 10.9 Å². The molecule has 0 saturated carbocycles. The molecular formula is C23H21BrN4O2S. The number of halogens is 1. The molecule has 2 aromatic carbocycles. The highest BCUT2D eigenvalue weighted by Crippen LogP contribution is 2.34. The quantitative estimate of drug-likeness (QED) is 0.385. The Hall–Kier alpha value is -2.84. The second-order valence-corrected chi connectivity index (χ2v) is 9.31. The van der Waals surface area contributed by atoms with E-state index in [1.165, 1.54) is 29.2 Å². The van der Waals surface area contributed by atoms with Crippen LogP contribution >= 0.6 is 27.3 Å². The lowest BCUT2D eigenvalue weighted by molar-refractivity contribution is -0.115. The molecule has 6 nitrogen and oxygen atoms in total. The van der Waals surface area contributed by atoms with E-state index in [2.05, 4.69) is 38.0 Å². The minimum Gasteiger partial charge on any atom is -0.293 e. The van der Waals surface area contributed by atoms with Gasteiger partial charge in [-0.05, 0) is 50.1 Å². The minimum absolute atomic E-state index is 0.106. The van der Waals surface area contributed by atoms with Gasteiger partial charge in [-0.2, -0.15) is 0 Å². The zero-order chi connectivity index (χ0) is 22.3. The molecule has 0 saturated heterocycles. The fourth-order valence-electron chi connectivity index (χ4n) is 3.80. The number of carbonyl (C=O) groups is 1. The van der Waals surface area contributed by atoms with Gasteiger partial charge in [0.2, 0.25) is 5.91 Å². The topological polar surface area (TPSA) is 68.1 Å². The molecule has 0 aliphatic carbocycles. The van der Waals surface area contributed by atoms with E-state index in [4.69, 9.17) is 0 Å². The van der Waals surface area contributed by atoms with Crippen LogP contribution in [0.1, 0.15) is 29.3 Å². The van der Waals surface area contributed by atoms with Crippen LogP contribution in [-0.2, 0) is 11.3 Å². The summed E-state index contributed by atoms with van der Waals surface area (Å²) in [6.07, 6.45) is 1.54.